The van der Waals surface area contributed by atoms with Gasteiger partial charge < -0.3 is 20.4 Å². The summed E-state index contributed by atoms with van der Waals surface area (Å²) < 4.78 is 6.98. The molecule has 0 spiro atoms. The van der Waals surface area contributed by atoms with Crippen LogP contribution in [-0.2, 0) is 16.0 Å². The third kappa shape index (κ3) is 9.17. The van der Waals surface area contributed by atoms with Gasteiger partial charge in [0.05, 0.1) is 0 Å². The number of para-hydroxylation sites is 1. The monoisotopic (exact) mass is 769 g/mol. The first-order chi connectivity index (χ1) is 25.3. The second-order valence-corrected chi connectivity index (χ2v) is 14.0. The summed E-state index contributed by atoms with van der Waals surface area (Å²) in [6.07, 6.45) is 2.30. The second-order valence-electron chi connectivity index (χ2n) is 11.9. The maximum atomic E-state index is 13.8. The van der Waals surface area contributed by atoms with Crippen LogP contribution in [0.25, 0.3) is 17.4 Å². The molecule has 0 bridgehead atoms. The van der Waals surface area contributed by atoms with Crippen LogP contribution in [0.3, 0.4) is 0 Å². The molecular formula is C43H36BrN3O4S. The summed E-state index contributed by atoms with van der Waals surface area (Å²) >= 11 is 4.87. The van der Waals surface area contributed by atoms with E-state index in [9.17, 15) is 14.4 Å². The summed E-state index contributed by atoms with van der Waals surface area (Å²) in [5.41, 5.74) is 5.60. The average Bonchev–Trinajstić information content (AvgIpc) is 3.64. The van der Waals surface area contributed by atoms with Crippen molar-refractivity contribution < 1.29 is 18.8 Å². The van der Waals surface area contributed by atoms with Gasteiger partial charge in [-0.05, 0) is 90.7 Å². The number of carbonyl (C=O) groups excluding carboxylic acids is 3. The minimum atomic E-state index is -0.530. The molecule has 3 amide bonds. The van der Waals surface area contributed by atoms with Gasteiger partial charge in [-0.2, -0.15) is 0 Å². The lowest BCUT2D eigenvalue weighted by Gasteiger charge is -2.20. The molecule has 0 radical (unpaired) electrons. The highest BCUT2D eigenvalue weighted by atomic mass is 79.9. The molecule has 7 nitrogen and oxygen atoms in total. The topological polar surface area (TPSA) is 100 Å². The molecule has 5 aromatic carbocycles. The number of thioether (sulfide) groups is 1. The maximum absolute atomic E-state index is 13.8. The van der Waals surface area contributed by atoms with Gasteiger partial charge in [0.25, 0.3) is 11.8 Å². The lowest BCUT2D eigenvalue weighted by Crippen LogP contribution is -2.30. The van der Waals surface area contributed by atoms with Crippen molar-refractivity contribution in [3.05, 3.63) is 178 Å². The summed E-state index contributed by atoms with van der Waals surface area (Å²) in [5.74, 6) is -0.0747. The summed E-state index contributed by atoms with van der Waals surface area (Å²) in [5, 5.41) is 8.31. The summed E-state index contributed by atoms with van der Waals surface area (Å²) in [6.45, 7) is 4.07. The fraction of sp³-hybridized carbons (Fsp3) is 0.0930. The Labute approximate surface area is 315 Å². The van der Waals surface area contributed by atoms with Crippen molar-refractivity contribution in [3.8, 4) is 11.3 Å². The van der Waals surface area contributed by atoms with Crippen molar-refractivity contribution in [1.82, 2.24) is 5.32 Å². The molecule has 1 aromatic heterocycles. The van der Waals surface area contributed by atoms with Crippen LogP contribution < -0.4 is 16.0 Å². The zero-order valence-corrected chi connectivity index (χ0v) is 31.0. The quantitative estimate of drug-likeness (QED) is 0.0850. The molecule has 9 heteroatoms. The molecule has 0 unspecified atom stereocenters. The van der Waals surface area contributed by atoms with Crippen LogP contribution in [-0.4, -0.2) is 17.7 Å². The van der Waals surface area contributed by atoms with Crippen LogP contribution in [0.5, 0.6) is 0 Å². The Bertz CT molecular complexity index is 2200. The number of aryl methyl sites for hydroxylation is 2. The average molecular weight is 771 g/mol. The molecule has 3 N–H and O–H groups in total. The number of anilines is 2. The zero-order chi connectivity index (χ0) is 36.5. The van der Waals surface area contributed by atoms with E-state index in [2.05, 4.69) is 38.8 Å². The Kier molecular flexibility index (Phi) is 11.9. The Morgan fingerprint density at radius 2 is 1.46 bits per heavy atom. The normalized spacial score (nSPS) is 11.8. The lowest BCUT2D eigenvalue weighted by molar-refractivity contribution is -0.116. The number of hydrogen-bond donors (Lipinski definition) is 3. The van der Waals surface area contributed by atoms with Crippen LogP contribution in [0.15, 0.2) is 159 Å². The number of amides is 3. The van der Waals surface area contributed by atoms with Crippen molar-refractivity contribution in [1.29, 1.82) is 0 Å². The molecule has 0 saturated heterocycles. The van der Waals surface area contributed by atoms with E-state index in [1.807, 2.05) is 104 Å². The summed E-state index contributed by atoms with van der Waals surface area (Å²) in [6, 6.07) is 42.9. The Morgan fingerprint density at radius 3 is 2.15 bits per heavy atom. The maximum Gasteiger partial charge on any atom is 0.272 e. The van der Waals surface area contributed by atoms with Gasteiger partial charge in [-0.1, -0.05) is 102 Å². The van der Waals surface area contributed by atoms with Crippen molar-refractivity contribution in [3.63, 3.8) is 0 Å². The van der Waals surface area contributed by atoms with Crippen molar-refractivity contribution in [2.45, 2.75) is 30.4 Å². The predicted molar refractivity (Wildman–Crippen MR) is 213 cm³/mol. The first-order valence-corrected chi connectivity index (χ1v) is 18.4. The van der Waals surface area contributed by atoms with Crippen LogP contribution >= 0.6 is 27.7 Å². The summed E-state index contributed by atoms with van der Waals surface area (Å²) in [7, 11) is 0. The predicted octanol–water partition coefficient (Wildman–Crippen LogP) is 10.5. The SMILES string of the molecule is CCc1cccc(C)c1NC(=O)[C@@H](Sc1ccc(NC(=O)/C(=C/c2ccc(-c3ccc(Br)cc3)o2)NC(=O)c2ccccc2)cc1)c1ccccc1. The van der Waals surface area contributed by atoms with E-state index in [0.717, 1.165) is 43.7 Å². The molecule has 260 valence electrons. The molecule has 52 heavy (non-hydrogen) atoms. The van der Waals surface area contributed by atoms with Gasteiger partial charge in [-0.3, -0.25) is 14.4 Å². The fourth-order valence-electron chi connectivity index (χ4n) is 5.53. The van der Waals surface area contributed by atoms with Crippen molar-refractivity contribution in [2.75, 3.05) is 10.6 Å². The molecule has 6 rings (SSSR count). The van der Waals surface area contributed by atoms with E-state index in [1.165, 1.54) is 17.8 Å². The fourth-order valence-corrected chi connectivity index (χ4v) is 6.82. The first-order valence-electron chi connectivity index (χ1n) is 16.7. The molecule has 0 fully saturated rings. The van der Waals surface area contributed by atoms with Gasteiger partial charge in [0, 0.05) is 37.9 Å². The molecule has 0 aliphatic rings. The Morgan fingerprint density at radius 1 is 0.769 bits per heavy atom. The summed E-state index contributed by atoms with van der Waals surface area (Å²) in [4.78, 5) is 41.5. The van der Waals surface area contributed by atoms with E-state index in [-0.39, 0.29) is 11.6 Å². The van der Waals surface area contributed by atoms with Crippen LogP contribution in [0.1, 0.15) is 45.0 Å². The zero-order valence-electron chi connectivity index (χ0n) is 28.6. The highest BCUT2D eigenvalue weighted by Gasteiger charge is 2.24. The van der Waals surface area contributed by atoms with Gasteiger partial charge in [-0.25, -0.2) is 0 Å². The number of nitrogens with one attached hydrogen (secondary N) is 3. The third-order valence-corrected chi connectivity index (χ3v) is 10.1. The lowest BCUT2D eigenvalue weighted by atomic mass is 10.1. The number of carbonyl (C=O) groups is 3. The van der Waals surface area contributed by atoms with E-state index in [4.69, 9.17) is 4.42 Å². The highest BCUT2D eigenvalue weighted by molar-refractivity contribution is 9.10. The van der Waals surface area contributed by atoms with E-state index in [0.29, 0.717) is 22.8 Å². The Hall–Kier alpha value is -5.64. The first kappa shape index (κ1) is 36.2. The van der Waals surface area contributed by atoms with Gasteiger partial charge in [0.1, 0.15) is 22.5 Å². The van der Waals surface area contributed by atoms with Gasteiger partial charge in [-0.15, -0.1) is 11.8 Å². The minimum absolute atomic E-state index is 0.00692. The van der Waals surface area contributed by atoms with E-state index in [1.54, 1.807) is 42.5 Å². The van der Waals surface area contributed by atoms with Gasteiger partial charge in [0.2, 0.25) is 5.91 Å². The highest BCUT2D eigenvalue weighted by Crippen LogP contribution is 2.37. The number of furan rings is 1. The van der Waals surface area contributed by atoms with E-state index >= 15 is 0 Å². The van der Waals surface area contributed by atoms with Gasteiger partial charge in [0.15, 0.2) is 0 Å². The standard InChI is InChI=1S/C43H36BrN3O4S/c1-3-29-16-10-11-28(2)39(29)47-43(50)40(31-12-6-4-7-13-31)52-36-24-21-34(22-25-36)45-42(49)37(46-41(48)32-14-8-5-9-15-32)27-35-23-26-38(51-35)30-17-19-33(44)20-18-30/h4-27,40H,3H2,1-2H3,(H,45,49)(H,46,48)(H,47,50)/b37-27-/t40-/m0/s1. The third-order valence-electron chi connectivity index (χ3n) is 8.27. The van der Waals surface area contributed by atoms with Crippen LogP contribution in [0.2, 0.25) is 0 Å². The largest absolute Gasteiger partial charge is 0.457 e. The number of rotatable bonds is 12. The second kappa shape index (κ2) is 17.0. The van der Waals surface area contributed by atoms with Gasteiger partial charge >= 0.3 is 0 Å². The molecule has 1 atom stereocenters. The molecular weight excluding hydrogens is 734 g/mol. The van der Waals surface area contributed by atoms with Crippen LogP contribution in [0.4, 0.5) is 11.4 Å². The van der Waals surface area contributed by atoms with E-state index < -0.39 is 17.1 Å². The molecule has 0 saturated carbocycles. The van der Waals surface area contributed by atoms with Crippen LogP contribution in [0, 0.1) is 6.92 Å². The number of halogens is 1. The van der Waals surface area contributed by atoms with Crippen molar-refractivity contribution >= 4 is 62.9 Å². The molecule has 1 heterocycles. The molecule has 0 aliphatic carbocycles. The smallest absolute Gasteiger partial charge is 0.272 e. The molecule has 6 aromatic rings. The minimum Gasteiger partial charge on any atom is -0.457 e. The number of benzene rings is 5. The number of hydrogen-bond acceptors (Lipinski definition) is 5. The molecule has 0 aliphatic heterocycles. The van der Waals surface area contributed by atoms with Crippen molar-refractivity contribution in [2.24, 2.45) is 0 Å². The Balaban J connectivity index is 1.21.